The van der Waals surface area contributed by atoms with Gasteiger partial charge in [0.15, 0.2) is 23.1 Å². The molecule has 1 aromatic heterocycles. The molecule has 3 aromatic rings. The molecular weight excluding hydrogens is 387 g/mol. The molecular formula is C19H16F3N5O2. The molecule has 1 aliphatic rings. The number of halogens is 3. The Balaban J connectivity index is 1.53. The number of nitrogens with one attached hydrogen (secondary N) is 2. The monoisotopic (exact) mass is 403 g/mol. The van der Waals surface area contributed by atoms with Gasteiger partial charge in [-0.2, -0.15) is 13.2 Å². The standard InChI is InChI=1S/C19H16F3N5O2/c20-19(21,22)11-1-3-12(4-2-11)26-17-16(23)18(25-10-24-17)27-13-5-6-14-15(9-13)29-8-7-28-14/h1-6,9-10H,7-8,23H2,(H2,24,25,26,27). The number of nitrogen functional groups attached to an aromatic ring is 1. The summed E-state index contributed by atoms with van der Waals surface area (Å²) in [7, 11) is 0. The Morgan fingerprint density at radius 1 is 0.828 bits per heavy atom. The van der Waals surface area contributed by atoms with Crippen molar-refractivity contribution in [1.29, 1.82) is 0 Å². The zero-order valence-electron chi connectivity index (χ0n) is 15.0. The van der Waals surface area contributed by atoms with Crippen LogP contribution in [-0.2, 0) is 6.18 Å². The second-order valence-electron chi connectivity index (χ2n) is 6.17. The number of nitrogens with zero attached hydrogens (tertiary/aromatic N) is 2. The molecule has 4 N–H and O–H groups in total. The van der Waals surface area contributed by atoms with Crippen molar-refractivity contribution in [2.75, 3.05) is 29.6 Å². The van der Waals surface area contributed by atoms with Crippen LogP contribution in [0, 0.1) is 0 Å². The van der Waals surface area contributed by atoms with E-state index < -0.39 is 11.7 Å². The normalized spacial score (nSPS) is 13.1. The average molecular weight is 403 g/mol. The first-order valence-corrected chi connectivity index (χ1v) is 8.61. The smallest absolute Gasteiger partial charge is 0.416 e. The number of benzene rings is 2. The number of anilines is 5. The van der Waals surface area contributed by atoms with Gasteiger partial charge in [-0.05, 0) is 36.4 Å². The maximum atomic E-state index is 12.7. The predicted octanol–water partition coefficient (Wildman–Crippen LogP) is 4.34. The van der Waals surface area contributed by atoms with Crippen LogP contribution in [0.5, 0.6) is 11.5 Å². The molecule has 2 aromatic carbocycles. The third-order valence-electron chi connectivity index (χ3n) is 4.16. The summed E-state index contributed by atoms with van der Waals surface area (Å²) in [6.07, 6.45) is -3.10. The molecule has 0 unspecified atom stereocenters. The summed E-state index contributed by atoms with van der Waals surface area (Å²) in [4.78, 5) is 8.19. The second kappa shape index (κ2) is 7.38. The molecule has 29 heavy (non-hydrogen) atoms. The fourth-order valence-electron chi connectivity index (χ4n) is 2.73. The van der Waals surface area contributed by atoms with E-state index in [9.17, 15) is 13.2 Å². The zero-order chi connectivity index (χ0) is 20.4. The van der Waals surface area contributed by atoms with Crippen molar-refractivity contribution in [3.05, 3.63) is 54.4 Å². The molecule has 0 radical (unpaired) electrons. The number of aromatic nitrogens is 2. The molecule has 150 valence electrons. The Hall–Kier alpha value is -3.69. The highest BCUT2D eigenvalue weighted by Gasteiger charge is 2.30. The van der Waals surface area contributed by atoms with Crippen LogP contribution in [0.2, 0.25) is 0 Å². The lowest BCUT2D eigenvalue weighted by Gasteiger charge is -2.19. The molecule has 0 aliphatic carbocycles. The first kappa shape index (κ1) is 18.7. The van der Waals surface area contributed by atoms with E-state index in [2.05, 4.69) is 20.6 Å². The van der Waals surface area contributed by atoms with Crippen LogP contribution < -0.4 is 25.8 Å². The lowest BCUT2D eigenvalue weighted by atomic mass is 10.2. The highest BCUT2D eigenvalue weighted by Crippen LogP contribution is 2.35. The molecule has 0 saturated heterocycles. The van der Waals surface area contributed by atoms with E-state index in [0.717, 1.165) is 12.1 Å². The van der Waals surface area contributed by atoms with Crippen molar-refractivity contribution in [3.63, 3.8) is 0 Å². The Bertz CT molecular complexity index is 1030. The third-order valence-corrected chi connectivity index (χ3v) is 4.16. The van der Waals surface area contributed by atoms with Crippen molar-refractivity contribution in [1.82, 2.24) is 9.97 Å². The number of ether oxygens (including phenoxy) is 2. The van der Waals surface area contributed by atoms with Gasteiger partial charge in [-0.15, -0.1) is 0 Å². The van der Waals surface area contributed by atoms with E-state index in [-0.39, 0.29) is 11.5 Å². The van der Waals surface area contributed by atoms with Gasteiger partial charge in [0.05, 0.1) is 5.56 Å². The molecule has 0 bridgehead atoms. The Kier molecular flexibility index (Phi) is 4.75. The third kappa shape index (κ3) is 4.10. The first-order valence-electron chi connectivity index (χ1n) is 8.61. The van der Waals surface area contributed by atoms with E-state index in [1.54, 1.807) is 18.2 Å². The van der Waals surface area contributed by atoms with Gasteiger partial charge in [-0.25, -0.2) is 9.97 Å². The van der Waals surface area contributed by atoms with Crippen LogP contribution in [0.15, 0.2) is 48.8 Å². The van der Waals surface area contributed by atoms with Gasteiger partial charge in [0.1, 0.15) is 25.2 Å². The fraction of sp³-hybridized carbons (Fsp3) is 0.158. The van der Waals surface area contributed by atoms with Gasteiger partial charge in [-0.3, -0.25) is 0 Å². The molecule has 1 aliphatic heterocycles. The highest BCUT2D eigenvalue weighted by atomic mass is 19.4. The minimum Gasteiger partial charge on any atom is -0.486 e. The zero-order valence-corrected chi connectivity index (χ0v) is 15.0. The lowest BCUT2D eigenvalue weighted by Crippen LogP contribution is -2.15. The maximum Gasteiger partial charge on any atom is 0.416 e. The van der Waals surface area contributed by atoms with Gasteiger partial charge in [-0.1, -0.05) is 0 Å². The van der Waals surface area contributed by atoms with Gasteiger partial charge >= 0.3 is 6.18 Å². The number of hydrogen-bond acceptors (Lipinski definition) is 7. The summed E-state index contributed by atoms with van der Waals surface area (Å²) in [5.74, 6) is 1.87. The van der Waals surface area contributed by atoms with E-state index in [1.165, 1.54) is 18.5 Å². The highest BCUT2D eigenvalue weighted by molar-refractivity contribution is 5.80. The average Bonchev–Trinajstić information content (AvgIpc) is 2.71. The number of alkyl halides is 3. The summed E-state index contributed by atoms with van der Waals surface area (Å²) in [6.45, 7) is 0.963. The van der Waals surface area contributed by atoms with Gasteiger partial charge in [0.25, 0.3) is 0 Å². The summed E-state index contributed by atoms with van der Waals surface area (Å²) >= 11 is 0. The number of hydrogen-bond donors (Lipinski definition) is 3. The SMILES string of the molecule is Nc1c(Nc2ccc(C(F)(F)F)cc2)ncnc1Nc1ccc2c(c1)OCCO2. The molecule has 0 saturated carbocycles. The molecule has 10 heteroatoms. The quantitative estimate of drug-likeness (QED) is 0.597. The molecule has 0 spiro atoms. The van der Waals surface area contributed by atoms with Crippen LogP contribution in [-0.4, -0.2) is 23.2 Å². The molecule has 2 heterocycles. The van der Waals surface area contributed by atoms with E-state index >= 15 is 0 Å². The van der Waals surface area contributed by atoms with Gasteiger partial charge < -0.3 is 25.8 Å². The summed E-state index contributed by atoms with van der Waals surface area (Å²) in [5, 5.41) is 5.98. The molecule has 4 rings (SSSR count). The summed E-state index contributed by atoms with van der Waals surface area (Å²) in [5.41, 5.74) is 6.70. The van der Waals surface area contributed by atoms with Crippen molar-refractivity contribution >= 4 is 28.7 Å². The van der Waals surface area contributed by atoms with Gasteiger partial charge in [0.2, 0.25) is 0 Å². The largest absolute Gasteiger partial charge is 0.486 e. The van der Waals surface area contributed by atoms with Crippen LogP contribution in [0.1, 0.15) is 5.56 Å². The molecule has 0 atom stereocenters. The topological polar surface area (TPSA) is 94.3 Å². The van der Waals surface area contributed by atoms with Crippen LogP contribution in [0.4, 0.5) is 41.9 Å². The van der Waals surface area contributed by atoms with Crippen molar-refractivity contribution in [2.45, 2.75) is 6.18 Å². The minimum absolute atomic E-state index is 0.210. The minimum atomic E-state index is -4.40. The lowest BCUT2D eigenvalue weighted by molar-refractivity contribution is -0.137. The van der Waals surface area contributed by atoms with E-state index in [1.807, 2.05) is 0 Å². The second-order valence-corrected chi connectivity index (χ2v) is 6.17. The van der Waals surface area contributed by atoms with Crippen LogP contribution in [0.3, 0.4) is 0 Å². The number of nitrogens with two attached hydrogens (primary N) is 1. The molecule has 7 nitrogen and oxygen atoms in total. The van der Waals surface area contributed by atoms with Gasteiger partial charge in [0, 0.05) is 17.4 Å². The fourth-order valence-corrected chi connectivity index (χ4v) is 2.73. The number of rotatable bonds is 4. The molecule has 0 amide bonds. The van der Waals surface area contributed by atoms with Crippen LogP contribution >= 0.6 is 0 Å². The van der Waals surface area contributed by atoms with E-state index in [0.29, 0.717) is 41.9 Å². The molecule has 0 fully saturated rings. The Labute approximate surface area is 163 Å². The number of fused-ring (bicyclic) bond motifs is 1. The van der Waals surface area contributed by atoms with Crippen LogP contribution in [0.25, 0.3) is 0 Å². The summed E-state index contributed by atoms with van der Waals surface area (Å²) < 4.78 is 49.1. The van der Waals surface area contributed by atoms with Crippen molar-refractivity contribution in [2.24, 2.45) is 0 Å². The van der Waals surface area contributed by atoms with Crippen molar-refractivity contribution in [3.8, 4) is 11.5 Å². The van der Waals surface area contributed by atoms with E-state index in [4.69, 9.17) is 15.2 Å². The Morgan fingerprint density at radius 2 is 1.41 bits per heavy atom. The predicted molar refractivity (Wildman–Crippen MR) is 102 cm³/mol. The first-order chi connectivity index (χ1) is 13.9. The summed E-state index contributed by atoms with van der Waals surface area (Å²) in [6, 6.07) is 9.89. The maximum absolute atomic E-state index is 12.7. The van der Waals surface area contributed by atoms with Crippen molar-refractivity contribution < 1.29 is 22.6 Å². The Morgan fingerprint density at radius 3 is 2.07 bits per heavy atom.